The molecular formula is C14H17N5O5. The Labute approximate surface area is 136 Å². The number of ether oxygens (including phenoxy) is 2. The van der Waals surface area contributed by atoms with E-state index in [1.807, 2.05) is 0 Å². The lowest BCUT2D eigenvalue weighted by Crippen LogP contribution is -2.24. The van der Waals surface area contributed by atoms with E-state index < -0.39 is 24.5 Å². The predicted molar refractivity (Wildman–Crippen MR) is 82.1 cm³/mol. The van der Waals surface area contributed by atoms with Crippen LogP contribution in [-0.2, 0) is 9.47 Å². The van der Waals surface area contributed by atoms with Crippen molar-refractivity contribution < 1.29 is 24.5 Å². The number of hydrogen-bond donors (Lipinski definition) is 3. The number of hydrogen-bond acceptors (Lipinski definition) is 8. The van der Waals surface area contributed by atoms with Crippen molar-refractivity contribution in [1.82, 2.24) is 19.5 Å². The summed E-state index contributed by atoms with van der Waals surface area (Å²) < 4.78 is 12.1. The van der Waals surface area contributed by atoms with Gasteiger partial charge in [-0.25, -0.2) is 19.7 Å². The highest BCUT2D eigenvalue weighted by molar-refractivity contribution is 5.93. The van der Waals surface area contributed by atoms with Crippen LogP contribution >= 0.6 is 0 Å². The second-order valence-electron chi connectivity index (χ2n) is 5.17. The van der Waals surface area contributed by atoms with E-state index in [-0.39, 0.29) is 19.0 Å². The molecule has 128 valence electrons. The number of fused-ring (bicyclic) bond motifs is 1. The highest BCUT2D eigenvalue weighted by Crippen LogP contribution is 2.31. The molecule has 0 aromatic carbocycles. The summed E-state index contributed by atoms with van der Waals surface area (Å²) in [5.41, 5.74) is 0.790. The van der Waals surface area contributed by atoms with Crippen molar-refractivity contribution in [3.63, 3.8) is 0 Å². The Morgan fingerprint density at radius 3 is 3.08 bits per heavy atom. The molecule has 1 saturated heterocycles. The van der Waals surface area contributed by atoms with Crippen molar-refractivity contribution in [3.05, 3.63) is 25.3 Å². The second kappa shape index (κ2) is 6.91. The number of anilines is 1. The summed E-state index contributed by atoms with van der Waals surface area (Å²) in [6, 6.07) is 0. The number of aliphatic hydroxyl groups excluding tert-OH is 2. The maximum Gasteiger partial charge on any atom is 0.413 e. The number of carbonyl (C=O) groups excluding carboxylic acids is 1. The zero-order chi connectivity index (χ0) is 17.1. The van der Waals surface area contributed by atoms with Gasteiger partial charge in [-0.15, -0.1) is 0 Å². The number of imidazole rings is 1. The Morgan fingerprint density at radius 2 is 2.38 bits per heavy atom. The summed E-state index contributed by atoms with van der Waals surface area (Å²) in [5.74, 6) is 0.199. The first-order valence-electron chi connectivity index (χ1n) is 7.30. The molecule has 24 heavy (non-hydrogen) atoms. The molecule has 3 N–H and O–H groups in total. The molecule has 3 atom stereocenters. The smallest absolute Gasteiger partial charge is 0.413 e. The fraction of sp³-hybridized carbons (Fsp3) is 0.429. The van der Waals surface area contributed by atoms with Gasteiger partial charge in [-0.3, -0.25) is 9.88 Å². The molecule has 10 heteroatoms. The summed E-state index contributed by atoms with van der Waals surface area (Å²) in [5, 5.41) is 21.5. The largest absolute Gasteiger partial charge is 0.445 e. The van der Waals surface area contributed by atoms with E-state index in [2.05, 4.69) is 26.8 Å². The van der Waals surface area contributed by atoms with Crippen LogP contribution in [0, 0.1) is 0 Å². The van der Waals surface area contributed by atoms with Crippen molar-refractivity contribution in [3.8, 4) is 0 Å². The van der Waals surface area contributed by atoms with Gasteiger partial charge in [0.1, 0.15) is 25.3 Å². The molecule has 0 radical (unpaired) electrons. The van der Waals surface area contributed by atoms with E-state index in [9.17, 15) is 15.0 Å². The molecule has 2 aromatic heterocycles. The van der Waals surface area contributed by atoms with Gasteiger partial charge in [0.25, 0.3) is 0 Å². The maximum atomic E-state index is 11.6. The molecule has 0 aliphatic carbocycles. The fourth-order valence-corrected chi connectivity index (χ4v) is 2.47. The Bertz CT molecular complexity index is 748. The number of nitrogens with one attached hydrogen (secondary N) is 1. The van der Waals surface area contributed by atoms with Crippen LogP contribution in [0.4, 0.5) is 10.6 Å². The van der Waals surface area contributed by atoms with Gasteiger partial charge in [-0.05, 0) is 0 Å². The van der Waals surface area contributed by atoms with Gasteiger partial charge in [0, 0.05) is 6.42 Å². The molecule has 1 fully saturated rings. The summed E-state index contributed by atoms with van der Waals surface area (Å²) in [6.07, 6.45) is 1.88. The zero-order valence-electron chi connectivity index (χ0n) is 12.7. The zero-order valence-corrected chi connectivity index (χ0v) is 12.7. The molecule has 0 bridgehead atoms. The van der Waals surface area contributed by atoms with Crippen molar-refractivity contribution in [2.75, 3.05) is 18.5 Å². The Kier molecular flexibility index (Phi) is 4.69. The third kappa shape index (κ3) is 3.07. The number of aliphatic hydroxyl groups is 2. The monoisotopic (exact) mass is 335 g/mol. The van der Waals surface area contributed by atoms with Crippen LogP contribution in [0.5, 0.6) is 0 Å². The Balaban J connectivity index is 1.84. The number of amides is 1. The number of nitrogens with zero attached hydrogens (tertiary/aromatic N) is 4. The van der Waals surface area contributed by atoms with Gasteiger partial charge in [0.2, 0.25) is 0 Å². The molecule has 3 heterocycles. The molecule has 2 aromatic rings. The lowest BCUT2D eigenvalue weighted by molar-refractivity contribution is -0.0432. The van der Waals surface area contributed by atoms with E-state index in [1.165, 1.54) is 18.7 Å². The third-order valence-electron chi connectivity index (χ3n) is 3.61. The molecule has 1 amide bonds. The predicted octanol–water partition coefficient (Wildman–Crippen LogP) is 0.201. The summed E-state index contributed by atoms with van der Waals surface area (Å²) >= 11 is 0. The highest BCUT2D eigenvalue weighted by Gasteiger charge is 2.35. The molecule has 1 aliphatic heterocycles. The summed E-state index contributed by atoms with van der Waals surface area (Å²) in [7, 11) is 0. The van der Waals surface area contributed by atoms with Crippen LogP contribution in [0.15, 0.2) is 25.3 Å². The van der Waals surface area contributed by atoms with E-state index in [4.69, 9.17) is 9.47 Å². The highest BCUT2D eigenvalue weighted by atomic mass is 16.5. The van der Waals surface area contributed by atoms with Crippen LogP contribution in [0.2, 0.25) is 0 Å². The van der Waals surface area contributed by atoms with Gasteiger partial charge in [0.15, 0.2) is 17.0 Å². The van der Waals surface area contributed by atoms with Crippen molar-refractivity contribution >= 4 is 23.1 Å². The maximum absolute atomic E-state index is 11.6. The van der Waals surface area contributed by atoms with Gasteiger partial charge in [-0.2, -0.15) is 0 Å². The molecule has 0 unspecified atom stereocenters. The molecule has 3 rings (SSSR count). The van der Waals surface area contributed by atoms with E-state index in [1.54, 1.807) is 4.57 Å². The van der Waals surface area contributed by atoms with Crippen molar-refractivity contribution in [2.45, 2.75) is 24.9 Å². The minimum atomic E-state index is -0.772. The first-order chi connectivity index (χ1) is 11.6. The first kappa shape index (κ1) is 16.3. The summed E-state index contributed by atoms with van der Waals surface area (Å²) in [4.78, 5) is 24.0. The number of aromatic nitrogens is 4. The van der Waals surface area contributed by atoms with Crippen LogP contribution in [-0.4, -0.2) is 61.2 Å². The lowest BCUT2D eigenvalue weighted by Gasteiger charge is -2.13. The molecule has 1 aliphatic rings. The minimum absolute atomic E-state index is 0.0743. The average molecular weight is 335 g/mol. The molecule has 0 saturated carbocycles. The Hall–Kier alpha value is -2.56. The van der Waals surface area contributed by atoms with Crippen molar-refractivity contribution in [1.29, 1.82) is 0 Å². The number of rotatable bonds is 5. The van der Waals surface area contributed by atoms with Crippen molar-refractivity contribution in [2.24, 2.45) is 0 Å². The molecule has 10 nitrogen and oxygen atoms in total. The van der Waals surface area contributed by atoms with Gasteiger partial charge in [0.05, 0.1) is 19.0 Å². The van der Waals surface area contributed by atoms with Gasteiger partial charge >= 0.3 is 6.09 Å². The van der Waals surface area contributed by atoms with Gasteiger partial charge in [-0.1, -0.05) is 12.7 Å². The molecular weight excluding hydrogens is 318 g/mol. The Morgan fingerprint density at radius 1 is 1.54 bits per heavy atom. The van der Waals surface area contributed by atoms with Crippen LogP contribution in [0.3, 0.4) is 0 Å². The van der Waals surface area contributed by atoms with Gasteiger partial charge < -0.3 is 19.7 Å². The average Bonchev–Trinajstić information content (AvgIpc) is 3.16. The summed E-state index contributed by atoms with van der Waals surface area (Å²) in [6.45, 7) is 3.26. The first-order valence-corrected chi connectivity index (χ1v) is 7.30. The SMILES string of the molecule is C=CCOC(=O)Nc1ncnc2c1ncn2[C@H]1C[C@H](O)[C@@H](CO)O1. The van der Waals surface area contributed by atoms with E-state index >= 15 is 0 Å². The lowest BCUT2D eigenvalue weighted by atomic mass is 10.2. The fourth-order valence-electron chi connectivity index (χ4n) is 2.47. The number of carbonyl (C=O) groups is 1. The topological polar surface area (TPSA) is 132 Å². The van der Waals surface area contributed by atoms with Crippen LogP contribution < -0.4 is 5.32 Å². The van der Waals surface area contributed by atoms with E-state index in [0.29, 0.717) is 17.6 Å². The van der Waals surface area contributed by atoms with Crippen LogP contribution in [0.1, 0.15) is 12.6 Å². The normalized spacial score (nSPS) is 23.3. The minimum Gasteiger partial charge on any atom is -0.445 e. The third-order valence-corrected chi connectivity index (χ3v) is 3.61. The van der Waals surface area contributed by atoms with Crippen LogP contribution in [0.25, 0.3) is 11.2 Å². The standard InChI is InChI=1S/C14H17N5O5/c1-2-3-23-14(22)18-12-11-13(16-6-15-12)19(7-17-11)10-4-8(21)9(5-20)24-10/h2,6-10,20-21H,1,3-5H2,(H,15,16,18,22)/t8-,9+,10+/m0/s1. The van der Waals surface area contributed by atoms with E-state index in [0.717, 1.165) is 0 Å². The molecule has 0 spiro atoms. The quantitative estimate of drug-likeness (QED) is 0.660. The second-order valence-corrected chi connectivity index (χ2v) is 5.17.